The van der Waals surface area contributed by atoms with Crippen LogP contribution >= 0.6 is 0 Å². The number of aryl methyl sites for hydroxylation is 1. The molecule has 10 heteroatoms. The molecule has 2 heterocycles. The molecule has 0 amide bonds. The van der Waals surface area contributed by atoms with Crippen LogP contribution in [-0.2, 0) is 18.9 Å². The summed E-state index contributed by atoms with van der Waals surface area (Å²) in [6.07, 6.45) is -3.43. The average molecular weight is 555 g/mol. The fourth-order valence-corrected chi connectivity index (χ4v) is 4.37. The summed E-state index contributed by atoms with van der Waals surface area (Å²) >= 11 is 0. The third kappa shape index (κ3) is 6.39. The number of hydrogen-bond acceptors (Lipinski definition) is 9. The Hall–Kier alpha value is -5.09. The molecule has 10 nitrogen and oxygen atoms in total. The zero-order valence-corrected chi connectivity index (χ0v) is 22.0. The van der Waals surface area contributed by atoms with Gasteiger partial charge in [0, 0.05) is 11.9 Å². The van der Waals surface area contributed by atoms with Crippen LogP contribution in [0.25, 0.3) is 0 Å². The van der Waals surface area contributed by atoms with E-state index >= 15 is 0 Å². The largest absolute Gasteiger partial charge is 0.459 e. The topological polar surface area (TPSA) is 123 Å². The molecule has 0 bridgehead atoms. The summed E-state index contributed by atoms with van der Waals surface area (Å²) in [6.45, 7) is 1.30. The molecule has 1 aliphatic heterocycles. The molecular weight excluding hydrogens is 528 g/mol. The fraction of sp³-hybridized carbons (Fsp3) is 0.194. The predicted octanol–water partition coefficient (Wildman–Crippen LogP) is 3.76. The Morgan fingerprint density at radius 2 is 1.22 bits per heavy atom. The first-order valence-corrected chi connectivity index (χ1v) is 12.9. The van der Waals surface area contributed by atoms with Crippen LogP contribution in [0.2, 0.25) is 0 Å². The van der Waals surface area contributed by atoms with E-state index in [0.717, 1.165) is 4.57 Å². The van der Waals surface area contributed by atoms with E-state index in [2.05, 4.69) is 4.98 Å². The fourth-order valence-electron chi connectivity index (χ4n) is 4.37. The van der Waals surface area contributed by atoms with Gasteiger partial charge < -0.3 is 18.9 Å². The Bertz CT molecular complexity index is 1570. The summed E-state index contributed by atoms with van der Waals surface area (Å²) in [5.74, 6) is -2.06. The van der Waals surface area contributed by atoms with Gasteiger partial charge in [-0.2, -0.15) is 4.98 Å². The second-order valence-electron chi connectivity index (χ2n) is 9.26. The zero-order chi connectivity index (χ0) is 28.8. The molecule has 1 aromatic heterocycles. The molecular formula is C31H26N2O8. The van der Waals surface area contributed by atoms with E-state index in [-0.39, 0.29) is 17.7 Å². The first-order valence-electron chi connectivity index (χ1n) is 12.9. The smallest absolute Gasteiger partial charge is 0.350 e. The van der Waals surface area contributed by atoms with Gasteiger partial charge in [-0.05, 0) is 49.4 Å². The Morgan fingerprint density at radius 1 is 0.732 bits per heavy atom. The van der Waals surface area contributed by atoms with E-state index in [9.17, 15) is 19.2 Å². The summed E-state index contributed by atoms with van der Waals surface area (Å²) < 4.78 is 24.5. The van der Waals surface area contributed by atoms with Crippen LogP contribution in [0.3, 0.4) is 0 Å². The van der Waals surface area contributed by atoms with Crippen molar-refractivity contribution in [1.82, 2.24) is 9.55 Å². The van der Waals surface area contributed by atoms with Crippen LogP contribution in [0.15, 0.2) is 108 Å². The van der Waals surface area contributed by atoms with Gasteiger partial charge in [0.05, 0.1) is 16.7 Å². The van der Waals surface area contributed by atoms with Crippen molar-refractivity contribution in [3.05, 3.63) is 136 Å². The quantitative estimate of drug-likeness (QED) is 0.237. The van der Waals surface area contributed by atoms with E-state index in [1.165, 1.54) is 6.20 Å². The number of rotatable bonds is 8. The van der Waals surface area contributed by atoms with Crippen molar-refractivity contribution in [3.8, 4) is 0 Å². The monoisotopic (exact) mass is 554 g/mol. The lowest BCUT2D eigenvalue weighted by atomic mass is 10.1. The number of carbonyl (C=O) groups excluding carboxylic acids is 3. The normalized spacial score (nSPS) is 19.7. The zero-order valence-electron chi connectivity index (χ0n) is 22.0. The number of hydrogen-bond donors (Lipinski definition) is 0. The molecule has 4 aromatic rings. The molecule has 4 atom stereocenters. The Kier molecular flexibility index (Phi) is 8.31. The lowest BCUT2D eigenvalue weighted by Crippen LogP contribution is -2.42. The first kappa shape index (κ1) is 27.5. The first-order chi connectivity index (χ1) is 19.9. The molecule has 0 unspecified atom stereocenters. The molecule has 3 aromatic carbocycles. The van der Waals surface area contributed by atoms with Crippen LogP contribution < -0.4 is 5.69 Å². The minimum atomic E-state index is -1.29. The third-order valence-electron chi connectivity index (χ3n) is 6.42. The van der Waals surface area contributed by atoms with Crippen LogP contribution in [0, 0.1) is 6.92 Å². The molecule has 208 valence electrons. The second kappa shape index (κ2) is 12.4. The standard InChI is InChI=1S/C31H26N2O8/c1-20-17-18-33(31(37)32-20)27-26(41-30(36)23-15-9-4-10-16-23)25(40-29(35)22-13-7-3-8-14-22)24(39-27)19-38-28(34)21-11-5-2-6-12-21/h2-18,24-27H,19H2,1H3/t24-,25-,26-,27-/m1/s1. The molecule has 1 aliphatic rings. The number of ether oxygens (including phenoxy) is 4. The van der Waals surface area contributed by atoms with Crippen LogP contribution in [0.5, 0.6) is 0 Å². The van der Waals surface area contributed by atoms with E-state index in [0.29, 0.717) is 11.3 Å². The highest BCUT2D eigenvalue weighted by molar-refractivity contribution is 5.91. The summed E-state index contributed by atoms with van der Waals surface area (Å²) in [5, 5.41) is 0. The Morgan fingerprint density at radius 3 is 1.73 bits per heavy atom. The number of carbonyl (C=O) groups is 3. The van der Waals surface area contributed by atoms with Crippen molar-refractivity contribution >= 4 is 17.9 Å². The highest BCUT2D eigenvalue weighted by Gasteiger charge is 2.51. The van der Waals surface area contributed by atoms with Crippen molar-refractivity contribution in [2.24, 2.45) is 0 Å². The van der Waals surface area contributed by atoms with Gasteiger partial charge in [-0.25, -0.2) is 19.2 Å². The minimum absolute atomic E-state index is 0.243. The molecule has 0 spiro atoms. The highest BCUT2D eigenvalue weighted by Crippen LogP contribution is 2.34. The van der Waals surface area contributed by atoms with Gasteiger partial charge in [0.15, 0.2) is 18.4 Å². The lowest BCUT2D eigenvalue weighted by molar-refractivity contribution is -0.0640. The predicted molar refractivity (Wildman–Crippen MR) is 145 cm³/mol. The van der Waals surface area contributed by atoms with Gasteiger partial charge in [0.25, 0.3) is 0 Å². The number of esters is 3. The van der Waals surface area contributed by atoms with Gasteiger partial charge in [0.1, 0.15) is 12.7 Å². The van der Waals surface area contributed by atoms with Crippen LogP contribution in [0.1, 0.15) is 43.0 Å². The van der Waals surface area contributed by atoms with Gasteiger partial charge >= 0.3 is 23.6 Å². The van der Waals surface area contributed by atoms with Crippen molar-refractivity contribution in [3.63, 3.8) is 0 Å². The third-order valence-corrected chi connectivity index (χ3v) is 6.42. The van der Waals surface area contributed by atoms with Crippen molar-refractivity contribution in [1.29, 1.82) is 0 Å². The van der Waals surface area contributed by atoms with Crippen LogP contribution in [-0.4, -0.2) is 52.4 Å². The van der Waals surface area contributed by atoms with E-state index in [1.54, 1.807) is 104 Å². The maximum atomic E-state index is 13.2. The number of aromatic nitrogens is 2. The Labute approximate surface area is 235 Å². The van der Waals surface area contributed by atoms with Gasteiger partial charge in [-0.1, -0.05) is 54.6 Å². The number of benzene rings is 3. The van der Waals surface area contributed by atoms with Crippen molar-refractivity contribution < 1.29 is 33.3 Å². The van der Waals surface area contributed by atoms with Gasteiger partial charge in [0.2, 0.25) is 0 Å². The molecule has 0 N–H and O–H groups in total. The van der Waals surface area contributed by atoms with Crippen LogP contribution in [0.4, 0.5) is 0 Å². The van der Waals surface area contributed by atoms with Crippen molar-refractivity contribution in [2.75, 3.05) is 6.61 Å². The maximum Gasteiger partial charge on any atom is 0.350 e. The highest BCUT2D eigenvalue weighted by atomic mass is 16.7. The lowest BCUT2D eigenvalue weighted by Gasteiger charge is -2.25. The minimum Gasteiger partial charge on any atom is -0.459 e. The average Bonchev–Trinajstić information content (AvgIpc) is 3.33. The van der Waals surface area contributed by atoms with E-state index in [1.807, 2.05) is 0 Å². The maximum absolute atomic E-state index is 13.2. The molecule has 0 radical (unpaired) electrons. The molecule has 0 aliphatic carbocycles. The molecule has 41 heavy (non-hydrogen) atoms. The second-order valence-corrected chi connectivity index (χ2v) is 9.26. The summed E-state index contributed by atoms with van der Waals surface area (Å²) in [4.78, 5) is 55.9. The molecule has 0 saturated carbocycles. The molecule has 1 saturated heterocycles. The van der Waals surface area contributed by atoms with E-state index in [4.69, 9.17) is 18.9 Å². The molecule has 1 fully saturated rings. The SMILES string of the molecule is Cc1ccn([C@@H]2O[C@H](COC(=O)c3ccccc3)[C@@H](OC(=O)c3ccccc3)[C@H]2OC(=O)c2ccccc2)c(=O)n1. The number of nitrogens with zero attached hydrogens (tertiary/aromatic N) is 2. The Balaban J connectivity index is 1.49. The van der Waals surface area contributed by atoms with Gasteiger partial charge in [-0.3, -0.25) is 4.57 Å². The summed E-state index contributed by atoms with van der Waals surface area (Å²) in [7, 11) is 0. The van der Waals surface area contributed by atoms with E-state index < -0.39 is 48.1 Å². The summed E-state index contributed by atoms with van der Waals surface area (Å²) in [6, 6.07) is 26.4. The van der Waals surface area contributed by atoms with Crippen molar-refractivity contribution in [2.45, 2.75) is 31.5 Å². The molecule has 5 rings (SSSR count). The van der Waals surface area contributed by atoms with Gasteiger partial charge in [-0.15, -0.1) is 0 Å². The summed E-state index contributed by atoms with van der Waals surface area (Å²) in [5.41, 5.74) is 0.616.